The van der Waals surface area contributed by atoms with Crippen molar-refractivity contribution in [3.8, 4) is 0 Å². The van der Waals surface area contributed by atoms with Crippen LogP contribution in [0.4, 0.5) is 5.69 Å². The summed E-state index contributed by atoms with van der Waals surface area (Å²) in [6.45, 7) is 0. The number of rotatable bonds is 5. The van der Waals surface area contributed by atoms with Gasteiger partial charge in [-0.3, -0.25) is 10.1 Å². The summed E-state index contributed by atoms with van der Waals surface area (Å²) in [7, 11) is 0. The topological polar surface area (TPSA) is 83.3 Å². The molecule has 114 valence electrons. The molecule has 0 N–H and O–H groups in total. The molecule has 1 atom stereocenters. The third-order valence-corrected chi connectivity index (χ3v) is 3.82. The zero-order valence-corrected chi connectivity index (χ0v) is 12.7. The van der Waals surface area contributed by atoms with Crippen molar-refractivity contribution < 1.29 is 14.8 Å². The van der Waals surface area contributed by atoms with Crippen molar-refractivity contribution in [2.45, 2.75) is 12.3 Å². The Kier molecular flexibility index (Phi) is 5.00. The predicted octanol–water partition coefficient (Wildman–Crippen LogP) is 2.98. The summed E-state index contributed by atoms with van der Waals surface area (Å²) in [4.78, 5) is 21.6. The predicted molar refractivity (Wildman–Crippen MR) is 81.0 cm³/mol. The number of halogens is 2. The van der Waals surface area contributed by atoms with Crippen molar-refractivity contribution in [1.29, 1.82) is 0 Å². The Bertz CT molecular complexity index is 696. The molecule has 2 aromatic rings. The van der Waals surface area contributed by atoms with Crippen LogP contribution in [-0.2, 0) is 11.2 Å². The minimum Gasteiger partial charge on any atom is -0.549 e. The molecule has 0 heterocycles. The fourth-order valence-corrected chi connectivity index (χ4v) is 2.90. The maximum atomic E-state index is 11.5. The first-order chi connectivity index (χ1) is 10.4. The number of carbonyl (C=O) groups excluding carboxylic acids is 1. The van der Waals surface area contributed by atoms with Crippen molar-refractivity contribution in [3.05, 3.63) is 73.8 Å². The number of hydrogen-bond acceptors (Lipinski definition) is 4. The highest BCUT2D eigenvalue weighted by atomic mass is 35.5. The minimum absolute atomic E-state index is 0.0654. The van der Waals surface area contributed by atoms with Crippen LogP contribution < -0.4 is 5.11 Å². The Morgan fingerprint density at radius 3 is 2.14 bits per heavy atom. The largest absolute Gasteiger partial charge is 0.549 e. The summed E-state index contributed by atoms with van der Waals surface area (Å²) in [5.41, 5.74) is 0.593. The van der Waals surface area contributed by atoms with Gasteiger partial charge < -0.3 is 9.90 Å². The monoisotopic (exact) mass is 338 g/mol. The van der Waals surface area contributed by atoms with Crippen molar-refractivity contribution >= 4 is 34.9 Å². The fourth-order valence-electron chi connectivity index (χ4n) is 2.16. The van der Waals surface area contributed by atoms with Crippen LogP contribution in [0.3, 0.4) is 0 Å². The SMILES string of the molecule is O=C([O-])C(Cc1ccccc1)c1c(Cl)cc([N+](=O)[O-])cc1Cl. The lowest BCUT2D eigenvalue weighted by Crippen LogP contribution is -2.31. The van der Waals surface area contributed by atoms with E-state index in [1.54, 1.807) is 24.3 Å². The van der Waals surface area contributed by atoms with Crippen LogP contribution in [0.2, 0.25) is 10.0 Å². The van der Waals surface area contributed by atoms with Gasteiger partial charge in [0.1, 0.15) is 0 Å². The molecule has 5 nitrogen and oxygen atoms in total. The Balaban J connectivity index is 2.45. The molecule has 0 aliphatic rings. The Morgan fingerprint density at radius 2 is 1.68 bits per heavy atom. The molecule has 2 rings (SSSR count). The second kappa shape index (κ2) is 6.77. The van der Waals surface area contributed by atoms with E-state index in [2.05, 4.69) is 0 Å². The Morgan fingerprint density at radius 1 is 1.14 bits per heavy atom. The van der Waals surface area contributed by atoms with Crippen LogP contribution in [0, 0.1) is 10.1 Å². The first-order valence-electron chi connectivity index (χ1n) is 6.28. The van der Waals surface area contributed by atoms with Crippen LogP contribution in [0.15, 0.2) is 42.5 Å². The molecule has 0 saturated heterocycles. The number of non-ortho nitro benzene ring substituents is 1. The summed E-state index contributed by atoms with van der Waals surface area (Å²) in [5.74, 6) is -2.44. The highest BCUT2D eigenvalue weighted by Crippen LogP contribution is 2.36. The van der Waals surface area contributed by atoms with E-state index in [0.29, 0.717) is 0 Å². The van der Waals surface area contributed by atoms with Crippen LogP contribution in [-0.4, -0.2) is 10.9 Å². The highest BCUT2D eigenvalue weighted by molar-refractivity contribution is 6.36. The van der Waals surface area contributed by atoms with E-state index < -0.39 is 16.8 Å². The van der Waals surface area contributed by atoms with Gasteiger partial charge in [0.15, 0.2) is 0 Å². The third-order valence-electron chi connectivity index (χ3n) is 3.19. The van der Waals surface area contributed by atoms with E-state index in [9.17, 15) is 20.0 Å². The van der Waals surface area contributed by atoms with Crippen LogP contribution in [0.25, 0.3) is 0 Å². The van der Waals surface area contributed by atoms with Crippen LogP contribution in [0.5, 0.6) is 0 Å². The number of hydrogen-bond donors (Lipinski definition) is 0. The number of benzene rings is 2. The lowest BCUT2D eigenvalue weighted by Gasteiger charge is -2.21. The van der Waals surface area contributed by atoms with Gasteiger partial charge in [-0.05, 0) is 17.5 Å². The summed E-state index contributed by atoms with van der Waals surface area (Å²) in [5, 5.41) is 22.1. The Hall–Kier alpha value is -2.11. The smallest absolute Gasteiger partial charge is 0.272 e. The van der Waals surface area contributed by atoms with E-state index in [1.807, 2.05) is 6.07 Å². The molecule has 0 bridgehead atoms. The van der Waals surface area contributed by atoms with Gasteiger partial charge in [-0.2, -0.15) is 0 Å². The van der Waals surface area contributed by atoms with Crippen LogP contribution in [0.1, 0.15) is 17.0 Å². The highest BCUT2D eigenvalue weighted by Gasteiger charge is 2.23. The number of nitro benzene ring substituents is 1. The number of carboxylic acid groups (broad SMARTS) is 1. The van der Waals surface area contributed by atoms with Gasteiger partial charge in [0.25, 0.3) is 5.69 Å². The normalized spacial score (nSPS) is 11.9. The molecule has 1 unspecified atom stereocenters. The van der Waals surface area contributed by atoms with Crippen molar-refractivity contribution in [3.63, 3.8) is 0 Å². The number of carboxylic acids is 1. The lowest BCUT2D eigenvalue weighted by atomic mass is 9.91. The maximum absolute atomic E-state index is 11.5. The molecular formula is C15H10Cl2NO4-. The zero-order chi connectivity index (χ0) is 16.3. The molecule has 7 heteroatoms. The molecule has 0 fully saturated rings. The van der Waals surface area contributed by atoms with E-state index >= 15 is 0 Å². The Labute approximate surface area is 136 Å². The van der Waals surface area contributed by atoms with E-state index in [1.165, 1.54) is 0 Å². The van der Waals surface area contributed by atoms with Crippen molar-refractivity contribution in [2.24, 2.45) is 0 Å². The summed E-state index contributed by atoms with van der Waals surface area (Å²) in [6, 6.07) is 11.1. The van der Waals surface area contributed by atoms with E-state index in [0.717, 1.165) is 17.7 Å². The summed E-state index contributed by atoms with van der Waals surface area (Å²) in [6.07, 6.45) is 0.125. The number of nitro groups is 1. The van der Waals surface area contributed by atoms with Gasteiger partial charge in [0.05, 0.1) is 15.0 Å². The zero-order valence-electron chi connectivity index (χ0n) is 11.2. The maximum Gasteiger partial charge on any atom is 0.272 e. The standard InChI is InChI=1S/C15H11Cl2NO4/c16-12-7-10(18(21)22)8-13(17)14(12)11(15(19)20)6-9-4-2-1-3-5-9/h1-5,7-8,11H,6H2,(H,19,20)/p-1. The van der Waals surface area contributed by atoms with E-state index in [4.69, 9.17) is 23.2 Å². The number of aliphatic carboxylic acids is 1. The van der Waals surface area contributed by atoms with Gasteiger partial charge in [0, 0.05) is 24.0 Å². The van der Waals surface area contributed by atoms with Crippen molar-refractivity contribution in [2.75, 3.05) is 0 Å². The average molecular weight is 339 g/mol. The second-order valence-corrected chi connectivity index (χ2v) is 5.46. The summed E-state index contributed by atoms with van der Waals surface area (Å²) < 4.78 is 0. The van der Waals surface area contributed by atoms with Gasteiger partial charge in [-0.25, -0.2) is 0 Å². The van der Waals surface area contributed by atoms with Crippen LogP contribution >= 0.6 is 23.2 Å². The quantitative estimate of drug-likeness (QED) is 0.619. The van der Waals surface area contributed by atoms with E-state index in [-0.39, 0.29) is 27.7 Å². The molecule has 0 spiro atoms. The average Bonchev–Trinajstić information content (AvgIpc) is 2.46. The van der Waals surface area contributed by atoms with Gasteiger partial charge in [0.2, 0.25) is 0 Å². The molecule has 2 aromatic carbocycles. The number of carbonyl (C=O) groups is 1. The third kappa shape index (κ3) is 3.55. The molecule has 22 heavy (non-hydrogen) atoms. The second-order valence-electron chi connectivity index (χ2n) is 4.64. The number of nitrogens with zero attached hydrogens (tertiary/aromatic N) is 1. The first-order valence-corrected chi connectivity index (χ1v) is 7.04. The molecule has 0 amide bonds. The van der Waals surface area contributed by atoms with Gasteiger partial charge in [-0.1, -0.05) is 53.5 Å². The molecule has 0 aliphatic carbocycles. The first kappa shape index (κ1) is 16.3. The minimum atomic E-state index is -1.35. The molecule has 0 aliphatic heterocycles. The lowest BCUT2D eigenvalue weighted by molar-refractivity contribution is -0.384. The molecule has 0 saturated carbocycles. The summed E-state index contributed by atoms with van der Waals surface area (Å²) >= 11 is 12.0. The van der Waals surface area contributed by atoms with Crippen molar-refractivity contribution in [1.82, 2.24) is 0 Å². The molecular weight excluding hydrogens is 329 g/mol. The van der Waals surface area contributed by atoms with Gasteiger partial charge in [-0.15, -0.1) is 0 Å². The molecule has 0 aromatic heterocycles. The molecule has 0 radical (unpaired) electrons. The van der Waals surface area contributed by atoms with Gasteiger partial charge >= 0.3 is 0 Å². The fraction of sp³-hybridized carbons (Fsp3) is 0.133.